The maximum atomic E-state index is 11.0. The summed E-state index contributed by atoms with van der Waals surface area (Å²) >= 11 is 0. The zero-order chi connectivity index (χ0) is 17.8. The van der Waals surface area contributed by atoms with E-state index in [9.17, 15) is 10.1 Å². The fraction of sp³-hybridized carbons (Fsp3) is 0.118. The van der Waals surface area contributed by atoms with Gasteiger partial charge in [0.15, 0.2) is 0 Å². The van der Waals surface area contributed by atoms with E-state index in [1.54, 1.807) is 31.4 Å². The monoisotopic (exact) mass is 341 g/mol. The average Bonchev–Trinajstić information content (AvgIpc) is 3.06. The third-order valence-corrected chi connectivity index (χ3v) is 3.66. The standard InChI is InChI=1S/C17H15N3O5/c1-24-14-7-3-4-11(9-14)16-15(10-25-23)18-17(19-16)12-5-2-6-13(8-12)20(21)22/h2-9,23H,10H2,1H3,(H,18,19). The number of nitrogens with one attached hydrogen (secondary N) is 1. The zero-order valence-corrected chi connectivity index (χ0v) is 13.3. The number of hydrogen-bond donors (Lipinski definition) is 2. The SMILES string of the molecule is COc1cccc(-c2nc(-c3cccc([N+](=O)[O-])c3)[nH]c2COO)c1. The van der Waals surface area contributed by atoms with Gasteiger partial charge in [-0.15, -0.1) is 0 Å². The number of aromatic nitrogens is 2. The van der Waals surface area contributed by atoms with E-state index >= 15 is 0 Å². The molecule has 8 nitrogen and oxygen atoms in total. The first-order valence-electron chi connectivity index (χ1n) is 7.37. The number of rotatable bonds is 6. The molecule has 25 heavy (non-hydrogen) atoms. The fourth-order valence-corrected chi connectivity index (χ4v) is 2.49. The molecule has 3 rings (SSSR count). The Morgan fingerprint density at radius 2 is 1.96 bits per heavy atom. The van der Waals surface area contributed by atoms with Crippen LogP contribution < -0.4 is 4.74 Å². The molecule has 0 fully saturated rings. The maximum Gasteiger partial charge on any atom is 0.270 e. The van der Waals surface area contributed by atoms with Gasteiger partial charge in [-0.2, -0.15) is 0 Å². The Morgan fingerprint density at radius 3 is 2.68 bits per heavy atom. The fourth-order valence-electron chi connectivity index (χ4n) is 2.49. The molecule has 0 atom stereocenters. The molecule has 1 aromatic heterocycles. The lowest BCUT2D eigenvalue weighted by Gasteiger charge is -2.03. The molecule has 2 N–H and O–H groups in total. The van der Waals surface area contributed by atoms with E-state index in [-0.39, 0.29) is 12.3 Å². The van der Waals surface area contributed by atoms with Gasteiger partial charge in [0, 0.05) is 23.3 Å². The summed E-state index contributed by atoms with van der Waals surface area (Å²) in [5.74, 6) is 1.10. The summed E-state index contributed by atoms with van der Waals surface area (Å²) < 4.78 is 5.22. The van der Waals surface area contributed by atoms with Gasteiger partial charge in [-0.25, -0.2) is 9.87 Å². The molecular weight excluding hydrogens is 326 g/mol. The zero-order valence-electron chi connectivity index (χ0n) is 13.3. The average molecular weight is 341 g/mol. The number of non-ortho nitro benzene ring substituents is 1. The van der Waals surface area contributed by atoms with Gasteiger partial charge < -0.3 is 9.72 Å². The molecule has 128 valence electrons. The molecule has 0 spiro atoms. The number of nitrogens with zero attached hydrogens (tertiary/aromatic N) is 2. The third-order valence-electron chi connectivity index (χ3n) is 3.66. The quantitative estimate of drug-likeness (QED) is 0.402. The predicted octanol–water partition coefficient (Wildman–Crippen LogP) is 3.65. The van der Waals surface area contributed by atoms with Crippen LogP contribution in [0.5, 0.6) is 5.75 Å². The van der Waals surface area contributed by atoms with Crippen molar-refractivity contribution in [2.24, 2.45) is 0 Å². The molecule has 0 radical (unpaired) electrons. The van der Waals surface area contributed by atoms with Crippen LogP contribution in [0.3, 0.4) is 0 Å². The van der Waals surface area contributed by atoms with Gasteiger partial charge in [0.1, 0.15) is 18.2 Å². The van der Waals surface area contributed by atoms with Gasteiger partial charge in [0.25, 0.3) is 5.69 Å². The van der Waals surface area contributed by atoms with Crippen LogP contribution in [0.15, 0.2) is 48.5 Å². The first-order chi connectivity index (χ1) is 12.1. The molecule has 0 saturated heterocycles. The van der Waals surface area contributed by atoms with Crippen molar-refractivity contribution in [2.45, 2.75) is 6.61 Å². The van der Waals surface area contributed by atoms with Crippen molar-refractivity contribution < 1.29 is 19.8 Å². The van der Waals surface area contributed by atoms with Gasteiger partial charge in [-0.3, -0.25) is 15.4 Å². The number of aromatic amines is 1. The Balaban J connectivity index is 2.08. The molecule has 1 heterocycles. The summed E-state index contributed by atoms with van der Waals surface area (Å²) in [6.07, 6.45) is 0. The van der Waals surface area contributed by atoms with Gasteiger partial charge in [-0.05, 0) is 12.1 Å². The highest BCUT2D eigenvalue weighted by Crippen LogP contribution is 2.30. The number of imidazole rings is 1. The summed E-state index contributed by atoms with van der Waals surface area (Å²) in [5, 5.41) is 19.8. The maximum absolute atomic E-state index is 11.0. The second kappa shape index (κ2) is 7.12. The van der Waals surface area contributed by atoms with Crippen LogP contribution in [0.2, 0.25) is 0 Å². The van der Waals surface area contributed by atoms with Crippen molar-refractivity contribution in [3.05, 3.63) is 64.3 Å². The third kappa shape index (κ3) is 3.49. The minimum atomic E-state index is -0.465. The summed E-state index contributed by atoms with van der Waals surface area (Å²) in [4.78, 5) is 22.3. The topological polar surface area (TPSA) is 111 Å². The van der Waals surface area contributed by atoms with E-state index < -0.39 is 4.92 Å². The lowest BCUT2D eigenvalue weighted by atomic mass is 10.1. The number of hydrogen-bond acceptors (Lipinski definition) is 6. The second-order valence-corrected chi connectivity index (χ2v) is 5.23. The molecule has 0 bridgehead atoms. The molecule has 2 aromatic carbocycles. The molecule has 0 unspecified atom stereocenters. The van der Waals surface area contributed by atoms with Gasteiger partial charge >= 0.3 is 0 Å². The molecule has 3 aromatic rings. The summed E-state index contributed by atoms with van der Waals surface area (Å²) in [6, 6.07) is 13.4. The molecule has 0 aliphatic carbocycles. The highest BCUT2D eigenvalue weighted by molar-refractivity contribution is 5.69. The van der Waals surface area contributed by atoms with E-state index in [0.29, 0.717) is 28.5 Å². The first-order valence-corrected chi connectivity index (χ1v) is 7.37. The van der Waals surface area contributed by atoms with E-state index in [4.69, 9.17) is 9.99 Å². The Labute approximate surface area is 142 Å². The van der Waals surface area contributed by atoms with Crippen LogP contribution in [-0.4, -0.2) is 27.3 Å². The number of ether oxygens (including phenoxy) is 1. The van der Waals surface area contributed by atoms with E-state index in [2.05, 4.69) is 14.9 Å². The van der Waals surface area contributed by atoms with Crippen molar-refractivity contribution in [1.29, 1.82) is 0 Å². The Kier molecular flexibility index (Phi) is 4.73. The molecule has 8 heteroatoms. The largest absolute Gasteiger partial charge is 0.497 e. The molecule has 0 aliphatic heterocycles. The molecular formula is C17H15N3O5. The van der Waals surface area contributed by atoms with E-state index in [1.807, 2.05) is 12.1 Å². The van der Waals surface area contributed by atoms with Crippen molar-refractivity contribution in [3.8, 4) is 28.4 Å². The Bertz CT molecular complexity index is 907. The number of methoxy groups -OCH3 is 1. The summed E-state index contributed by atoms with van der Waals surface area (Å²) in [7, 11) is 1.57. The van der Waals surface area contributed by atoms with E-state index in [1.165, 1.54) is 12.1 Å². The van der Waals surface area contributed by atoms with Gasteiger partial charge in [0.05, 0.1) is 23.4 Å². The minimum Gasteiger partial charge on any atom is -0.497 e. The van der Waals surface area contributed by atoms with Crippen LogP contribution in [-0.2, 0) is 11.5 Å². The van der Waals surface area contributed by atoms with Crippen molar-refractivity contribution in [3.63, 3.8) is 0 Å². The van der Waals surface area contributed by atoms with Crippen molar-refractivity contribution in [2.75, 3.05) is 7.11 Å². The normalized spacial score (nSPS) is 10.6. The van der Waals surface area contributed by atoms with Gasteiger partial charge in [-0.1, -0.05) is 24.3 Å². The summed E-state index contributed by atoms with van der Waals surface area (Å²) in [5.41, 5.74) is 2.39. The lowest BCUT2D eigenvalue weighted by Crippen LogP contribution is -1.92. The van der Waals surface area contributed by atoms with Crippen LogP contribution in [0.1, 0.15) is 5.69 Å². The Hall–Kier alpha value is -3.23. The van der Waals surface area contributed by atoms with E-state index in [0.717, 1.165) is 5.56 Å². The first kappa shape index (κ1) is 16.6. The van der Waals surface area contributed by atoms with Crippen LogP contribution >= 0.6 is 0 Å². The number of benzene rings is 2. The lowest BCUT2D eigenvalue weighted by molar-refractivity contribution is -0.384. The highest BCUT2D eigenvalue weighted by atomic mass is 17.1. The number of H-pyrrole nitrogens is 1. The highest BCUT2D eigenvalue weighted by Gasteiger charge is 2.16. The second-order valence-electron chi connectivity index (χ2n) is 5.23. The van der Waals surface area contributed by atoms with Crippen LogP contribution in [0.25, 0.3) is 22.6 Å². The van der Waals surface area contributed by atoms with Crippen molar-refractivity contribution >= 4 is 5.69 Å². The molecule has 0 amide bonds. The van der Waals surface area contributed by atoms with Crippen LogP contribution in [0.4, 0.5) is 5.69 Å². The van der Waals surface area contributed by atoms with Gasteiger partial charge in [0.2, 0.25) is 0 Å². The smallest absolute Gasteiger partial charge is 0.270 e. The minimum absolute atomic E-state index is 0.0308. The Morgan fingerprint density at radius 1 is 1.20 bits per heavy atom. The predicted molar refractivity (Wildman–Crippen MR) is 90.1 cm³/mol. The summed E-state index contributed by atoms with van der Waals surface area (Å²) in [6.45, 7) is -0.103. The number of nitro groups is 1. The molecule has 0 saturated carbocycles. The molecule has 0 aliphatic rings. The number of nitro benzene ring substituents is 1. The van der Waals surface area contributed by atoms with Crippen molar-refractivity contribution in [1.82, 2.24) is 9.97 Å². The van der Waals surface area contributed by atoms with Crippen LogP contribution in [0, 0.1) is 10.1 Å².